The van der Waals surface area contributed by atoms with Crippen LogP contribution in [0.1, 0.15) is 27.2 Å². The summed E-state index contributed by atoms with van der Waals surface area (Å²) in [5.41, 5.74) is 4.03. The van der Waals surface area contributed by atoms with Crippen LogP contribution in [0, 0.1) is 13.8 Å². The summed E-state index contributed by atoms with van der Waals surface area (Å²) in [6.45, 7) is 3.94. The van der Waals surface area contributed by atoms with Crippen LogP contribution in [0.4, 0.5) is 0 Å². The van der Waals surface area contributed by atoms with E-state index in [1.807, 2.05) is 50.2 Å². The normalized spacial score (nSPS) is 11.2. The van der Waals surface area contributed by atoms with Gasteiger partial charge in [0.2, 0.25) is 0 Å². The van der Waals surface area contributed by atoms with E-state index in [0.29, 0.717) is 16.8 Å². The Morgan fingerprint density at radius 3 is 2.65 bits per heavy atom. The maximum absolute atomic E-state index is 12.4. The summed E-state index contributed by atoms with van der Waals surface area (Å²) in [5, 5.41) is 1.72. The van der Waals surface area contributed by atoms with Crippen molar-refractivity contribution >= 4 is 27.8 Å². The summed E-state index contributed by atoms with van der Waals surface area (Å²) in [4.78, 5) is 27.2. The second-order valence-electron chi connectivity index (χ2n) is 6.37. The van der Waals surface area contributed by atoms with Gasteiger partial charge < -0.3 is 14.1 Å². The average Bonchev–Trinajstić information content (AvgIpc) is 3.05. The molecule has 2 heterocycles. The molecule has 4 aromatic rings. The number of carbonyl (C=O) groups is 1. The first kappa shape index (κ1) is 16.1. The minimum absolute atomic E-state index is 0.00119. The maximum Gasteiger partial charge on any atom is 0.355 e. The summed E-state index contributed by atoms with van der Waals surface area (Å²) < 4.78 is 10.7. The van der Waals surface area contributed by atoms with E-state index in [-0.39, 0.29) is 6.61 Å². The molecule has 0 saturated carbocycles. The third-order valence-electron chi connectivity index (χ3n) is 4.55. The number of carbonyl (C=O) groups excluding carboxylic acids is 1. The lowest BCUT2D eigenvalue weighted by molar-refractivity contribution is 0.0468. The number of ether oxygens (including phenoxy) is 1. The quantitative estimate of drug-likeness (QED) is 0.444. The molecular weight excluding hydrogens is 330 g/mol. The summed E-state index contributed by atoms with van der Waals surface area (Å²) in [6, 6.07) is 14.5. The van der Waals surface area contributed by atoms with Crippen LogP contribution in [0.5, 0.6) is 0 Å². The lowest BCUT2D eigenvalue weighted by Gasteiger charge is -2.08. The van der Waals surface area contributed by atoms with Gasteiger partial charge in [0.05, 0.1) is 0 Å². The smallest absolute Gasteiger partial charge is 0.355 e. The Balaban J connectivity index is 1.64. The minimum Gasteiger partial charge on any atom is -0.456 e. The van der Waals surface area contributed by atoms with E-state index in [9.17, 15) is 9.59 Å². The molecule has 0 saturated heterocycles. The highest BCUT2D eigenvalue weighted by Gasteiger charge is 2.13. The van der Waals surface area contributed by atoms with Crippen LogP contribution in [0.2, 0.25) is 0 Å². The zero-order chi connectivity index (χ0) is 18.3. The van der Waals surface area contributed by atoms with Crippen molar-refractivity contribution in [3.05, 3.63) is 81.3 Å². The lowest BCUT2D eigenvalue weighted by atomic mass is 10.0. The second-order valence-corrected chi connectivity index (χ2v) is 6.37. The number of hydrogen-bond donors (Lipinski definition) is 1. The number of para-hydroxylation sites is 1. The molecule has 0 aliphatic rings. The Morgan fingerprint density at radius 1 is 1.08 bits per heavy atom. The molecule has 0 spiro atoms. The average molecular weight is 347 g/mol. The number of aromatic nitrogens is 1. The zero-order valence-electron chi connectivity index (χ0n) is 14.5. The van der Waals surface area contributed by atoms with Gasteiger partial charge in [-0.2, -0.15) is 0 Å². The van der Waals surface area contributed by atoms with Crippen LogP contribution in [-0.4, -0.2) is 11.0 Å². The molecule has 0 fully saturated rings. The Bertz CT molecular complexity index is 1170. The Morgan fingerprint density at radius 2 is 1.85 bits per heavy atom. The lowest BCUT2D eigenvalue weighted by Crippen LogP contribution is -2.08. The number of esters is 1. The van der Waals surface area contributed by atoms with E-state index in [1.165, 1.54) is 6.07 Å². The number of aryl methyl sites for hydroxylation is 2. The molecule has 0 atom stereocenters. The van der Waals surface area contributed by atoms with Crippen molar-refractivity contribution in [2.45, 2.75) is 20.5 Å². The number of rotatable bonds is 3. The minimum atomic E-state index is -0.466. The Labute approximate surface area is 149 Å². The van der Waals surface area contributed by atoms with Crippen molar-refractivity contribution in [3.63, 3.8) is 0 Å². The summed E-state index contributed by atoms with van der Waals surface area (Å²) in [5.74, 6) is -0.466. The van der Waals surface area contributed by atoms with Gasteiger partial charge in [-0.05, 0) is 49.2 Å². The number of hydrogen-bond acceptors (Lipinski definition) is 4. The molecule has 0 radical (unpaired) electrons. The topological polar surface area (TPSA) is 72.3 Å². The number of nitrogens with one attached hydrogen (secondary N) is 1. The second kappa shape index (κ2) is 6.19. The Kier molecular flexibility index (Phi) is 3.84. The predicted octanol–water partition coefficient (Wildman–Crippen LogP) is 4.25. The fraction of sp³-hybridized carbons (Fsp3) is 0.143. The van der Waals surface area contributed by atoms with Crippen molar-refractivity contribution < 1.29 is 13.9 Å². The first-order valence-electron chi connectivity index (χ1n) is 8.30. The molecule has 0 aliphatic carbocycles. The highest BCUT2D eigenvalue weighted by atomic mass is 16.5. The van der Waals surface area contributed by atoms with E-state index in [0.717, 1.165) is 27.4 Å². The zero-order valence-corrected chi connectivity index (χ0v) is 14.5. The van der Waals surface area contributed by atoms with Gasteiger partial charge in [0, 0.05) is 27.9 Å². The first-order chi connectivity index (χ1) is 12.5. The number of benzene rings is 2. The SMILES string of the molecule is Cc1cc2oc(=O)cc(COC(=O)c3cc4ccccc4[nH]3)c2cc1C. The van der Waals surface area contributed by atoms with Crippen LogP contribution >= 0.6 is 0 Å². The monoisotopic (exact) mass is 347 g/mol. The molecule has 26 heavy (non-hydrogen) atoms. The van der Waals surface area contributed by atoms with Gasteiger partial charge in [-0.3, -0.25) is 0 Å². The summed E-state index contributed by atoms with van der Waals surface area (Å²) in [6.07, 6.45) is 0. The molecule has 5 nitrogen and oxygen atoms in total. The molecule has 0 bridgehead atoms. The van der Waals surface area contributed by atoms with Crippen LogP contribution in [0.25, 0.3) is 21.9 Å². The van der Waals surface area contributed by atoms with Crippen LogP contribution in [0.15, 0.2) is 57.7 Å². The van der Waals surface area contributed by atoms with Gasteiger partial charge in [0.1, 0.15) is 17.9 Å². The van der Waals surface area contributed by atoms with Crippen LogP contribution in [-0.2, 0) is 11.3 Å². The van der Waals surface area contributed by atoms with Crippen molar-refractivity contribution in [2.24, 2.45) is 0 Å². The third-order valence-corrected chi connectivity index (χ3v) is 4.55. The number of aromatic amines is 1. The van der Waals surface area contributed by atoms with Gasteiger partial charge in [0.25, 0.3) is 0 Å². The van der Waals surface area contributed by atoms with E-state index >= 15 is 0 Å². The summed E-state index contributed by atoms with van der Waals surface area (Å²) >= 11 is 0. The van der Waals surface area contributed by atoms with E-state index < -0.39 is 11.6 Å². The van der Waals surface area contributed by atoms with Crippen LogP contribution < -0.4 is 5.63 Å². The maximum atomic E-state index is 12.4. The molecule has 0 aliphatic heterocycles. The van der Waals surface area contributed by atoms with Gasteiger partial charge >= 0.3 is 11.6 Å². The van der Waals surface area contributed by atoms with Crippen LogP contribution in [0.3, 0.4) is 0 Å². The van der Waals surface area contributed by atoms with Gasteiger partial charge in [-0.25, -0.2) is 9.59 Å². The predicted molar refractivity (Wildman–Crippen MR) is 99.4 cm³/mol. The molecule has 2 aromatic heterocycles. The van der Waals surface area contributed by atoms with Gasteiger partial charge in [-0.1, -0.05) is 18.2 Å². The fourth-order valence-electron chi connectivity index (χ4n) is 3.01. The van der Waals surface area contributed by atoms with E-state index in [4.69, 9.17) is 9.15 Å². The molecule has 0 unspecified atom stereocenters. The largest absolute Gasteiger partial charge is 0.456 e. The number of fused-ring (bicyclic) bond motifs is 2. The van der Waals surface area contributed by atoms with E-state index in [1.54, 1.807) is 6.07 Å². The molecule has 130 valence electrons. The molecule has 1 N–H and O–H groups in total. The molecule has 5 heteroatoms. The van der Waals surface area contributed by atoms with Gasteiger partial charge in [0.15, 0.2) is 0 Å². The number of H-pyrrole nitrogens is 1. The highest BCUT2D eigenvalue weighted by molar-refractivity contribution is 5.94. The van der Waals surface area contributed by atoms with Crippen molar-refractivity contribution in [1.82, 2.24) is 4.98 Å². The highest BCUT2D eigenvalue weighted by Crippen LogP contribution is 2.23. The third kappa shape index (κ3) is 2.88. The van der Waals surface area contributed by atoms with Crippen molar-refractivity contribution in [2.75, 3.05) is 0 Å². The van der Waals surface area contributed by atoms with Gasteiger partial charge in [-0.15, -0.1) is 0 Å². The molecule has 4 rings (SSSR count). The standard InChI is InChI=1S/C21H17NO4/c1-12-7-16-15(10-20(23)26-19(16)8-13(12)2)11-25-21(24)18-9-14-5-3-4-6-17(14)22-18/h3-10,22H,11H2,1-2H3. The molecule has 0 amide bonds. The first-order valence-corrected chi connectivity index (χ1v) is 8.30. The summed E-state index contributed by atoms with van der Waals surface area (Å²) in [7, 11) is 0. The molecule has 2 aromatic carbocycles. The Hall–Kier alpha value is -3.34. The van der Waals surface area contributed by atoms with E-state index in [2.05, 4.69) is 4.98 Å². The van der Waals surface area contributed by atoms with Crippen molar-refractivity contribution in [3.8, 4) is 0 Å². The molecular formula is C21H17NO4. The fourth-order valence-corrected chi connectivity index (χ4v) is 3.01. The van der Waals surface area contributed by atoms with Crippen molar-refractivity contribution in [1.29, 1.82) is 0 Å².